The van der Waals surface area contributed by atoms with Crippen molar-refractivity contribution in [2.75, 3.05) is 20.2 Å². The Hall–Kier alpha value is -1.30. The molecule has 0 spiro atoms. The Balaban J connectivity index is 2.11. The summed E-state index contributed by atoms with van der Waals surface area (Å²) in [6.45, 7) is 1.27. The SMILES string of the molecule is COc1cc(Cl)ccc1C(=O)NC1CCNCC1O. The molecule has 6 heteroatoms. The van der Waals surface area contributed by atoms with Gasteiger partial charge in [-0.05, 0) is 31.2 Å². The lowest BCUT2D eigenvalue weighted by atomic mass is 10.0. The summed E-state index contributed by atoms with van der Waals surface area (Å²) >= 11 is 5.86. The molecular formula is C13H17ClN2O3. The van der Waals surface area contributed by atoms with Gasteiger partial charge in [-0.25, -0.2) is 0 Å². The Labute approximate surface area is 116 Å². The predicted octanol–water partition coefficient (Wildman–Crippen LogP) is 0.801. The number of aliphatic hydroxyl groups is 1. The molecule has 2 atom stereocenters. The molecule has 0 bridgehead atoms. The molecule has 104 valence electrons. The highest BCUT2D eigenvalue weighted by atomic mass is 35.5. The first-order valence-electron chi connectivity index (χ1n) is 6.15. The minimum Gasteiger partial charge on any atom is -0.496 e. The molecule has 1 fully saturated rings. The fourth-order valence-corrected chi connectivity index (χ4v) is 2.27. The van der Waals surface area contributed by atoms with Crippen molar-refractivity contribution in [3.63, 3.8) is 0 Å². The summed E-state index contributed by atoms with van der Waals surface area (Å²) in [5, 5.41) is 16.2. The van der Waals surface area contributed by atoms with Crippen LogP contribution in [0.3, 0.4) is 0 Å². The molecule has 0 aromatic heterocycles. The highest BCUT2D eigenvalue weighted by Gasteiger charge is 2.25. The van der Waals surface area contributed by atoms with Gasteiger partial charge in [0, 0.05) is 11.6 Å². The lowest BCUT2D eigenvalue weighted by Gasteiger charge is -2.29. The van der Waals surface area contributed by atoms with Crippen LogP contribution in [0.4, 0.5) is 0 Å². The molecular weight excluding hydrogens is 268 g/mol. The van der Waals surface area contributed by atoms with Gasteiger partial charge in [0.05, 0.1) is 24.8 Å². The molecule has 1 aromatic carbocycles. The predicted molar refractivity (Wildman–Crippen MR) is 72.8 cm³/mol. The number of hydrogen-bond donors (Lipinski definition) is 3. The van der Waals surface area contributed by atoms with Gasteiger partial charge in [0.2, 0.25) is 0 Å². The molecule has 1 aromatic rings. The average molecular weight is 285 g/mol. The van der Waals surface area contributed by atoms with Crippen LogP contribution >= 0.6 is 11.6 Å². The number of benzene rings is 1. The fourth-order valence-electron chi connectivity index (χ4n) is 2.11. The van der Waals surface area contributed by atoms with E-state index in [4.69, 9.17) is 16.3 Å². The number of piperidine rings is 1. The normalized spacial score (nSPS) is 22.9. The van der Waals surface area contributed by atoms with Gasteiger partial charge in [-0.15, -0.1) is 0 Å². The molecule has 1 aliphatic rings. The van der Waals surface area contributed by atoms with Crippen molar-refractivity contribution in [2.45, 2.75) is 18.6 Å². The molecule has 1 amide bonds. The maximum absolute atomic E-state index is 12.2. The number of methoxy groups -OCH3 is 1. The highest BCUT2D eigenvalue weighted by Crippen LogP contribution is 2.23. The standard InChI is InChI=1S/C13H17ClN2O3/c1-19-12-6-8(14)2-3-9(12)13(18)16-10-4-5-15-7-11(10)17/h2-3,6,10-11,15,17H,4-5,7H2,1H3,(H,16,18). The average Bonchev–Trinajstić information content (AvgIpc) is 2.41. The first kappa shape index (κ1) is 14.1. The van der Waals surface area contributed by atoms with Crippen LogP contribution in [0.1, 0.15) is 16.8 Å². The smallest absolute Gasteiger partial charge is 0.255 e. The molecule has 1 heterocycles. The third-order valence-corrected chi connectivity index (χ3v) is 3.41. The van der Waals surface area contributed by atoms with Crippen LogP contribution in [0.15, 0.2) is 18.2 Å². The van der Waals surface area contributed by atoms with Crippen molar-refractivity contribution in [3.05, 3.63) is 28.8 Å². The van der Waals surface area contributed by atoms with Gasteiger partial charge in [0.25, 0.3) is 5.91 Å². The monoisotopic (exact) mass is 284 g/mol. The minimum absolute atomic E-state index is 0.242. The van der Waals surface area contributed by atoms with Crippen LogP contribution in [-0.4, -0.2) is 43.4 Å². The maximum Gasteiger partial charge on any atom is 0.255 e. The zero-order valence-electron chi connectivity index (χ0n) is 10.6. The summed E-state index contributed by atoms with van der Waals surface area (Å²) in [5.41, 5.74) is 0.414. The van der Waals surface area contributed by atoms with Crippen LogP contribution in [0.2, 0.25) is 5.02 Å². The van der Waals surface area contributed by atoms with E-state index < -0.39 is 6.10 Å². The van der Waals surface area contributed by atoms with Crippen LogP contribution < -0.4 is 15.4 Å². The fraction of sp³-hybridized carbons (Fsp3) is 0.462. The lowest BCUT2D eigenvalue weighted by Crippen LogP contribution is -2.52. The first-order valence-corrected chi connectivity index (χ1v) is 6.53. The number of halogens is 1. The summed E-state index contributed by atoms with van der Waals surface area (Å²) in [6, 6.07) is 4.60. The van der Waals surface area contributed by atoms with Gasteiger partial charge in [-0.3, -0.25) is 4.79 Å². The van der Waals surface area contributed by atoms with Crippen LogP contribution in [0.25, 0.3) is 0 Å². The largest absolute Gasteiger partial charge is 0.496 e. The first-order chi connectivity index (χ1) is 9.11. The number of nitrogens with one attached hydrogen (secondary N) is 2. The second-order valence-corrected chi connectivity index (χ2v) is 4.92. The van der Waals surface area contributed by atoms with E-state index in [2.05, 4.69) is 10.6 Å². The number of hydrogen-bond acceptors (Lipinski definition) is 4. The van der Waals surface area contributed by atoms with Gasteiger partial charge in [0.15, 0.2) is 0 Å². The second-order valence-electron chi connectivity index (χ2n) is 4.48. The van der Waals surface area contributed by atoms with Crippen LogP contribution in [0, 0.1) is 0 Å². The van der Waals surface area contributed by atoms with E-state index in [0.29, 0.717) is 29.3 Å². The Morgan fingerprint density at radius 2 is 2.37 bits per heavy atom. The summed E-state index contributed by atoms with van der Waals surface area (Å²) < 4.78 is 5.14. The lowest BCUT2D eigenvalue weighted by molar-refractivity contribution is 0.0763. The third kappa shape index (κ3) is 3.37. The Kier molecular flexibility index (Phi) is 4.63. The Morgan fingerprint density at radius 3 is 3.05 bits per heavy atom. The molecule has 19 heavy (non-hydrogen) atoms. The third-order valence-electron chi connectivity index (χ3n) is 3.17. The zero-order valence-corrected chi connectivity index (χ0v) is 11.4. The molecule has 3 N–H and O–H groups in total. The molecule has 0 aliphatic carbocycles. The van der Waals surface area contributed by atoms with Gasteiger partial charge < -0.3 is 20.5 Å². The molecule has 0 radical (unpaired) electrons. The Morgan fingerprint density at radius 1 is 1.58 bits per heavy atom. The second kappa shape index (κ2) is 6.23. The molecule has 2 unspecified atom stereocenters. The van der Waals surface area contributed by atoms with Crippen molar-refractivity contribution >= 4 is 17.5 Å². The van der Waals surface area contributed by atoms with E-state index in [0.717, 1.165) is 6.54 Å². The van der Waals surface area contributed by atoms with Crippen LogP contribution in [0.5, 0.6) is 5.75 Å². The quantitative estimate of drug-likeness (QED) is 0.768. The van der Waals surface area contributed by atoms with E-state index in [-0.39, 0.29) is 11.9 Å². The molecule has 1 saturated heterocycles. The van der Waals surface area contributed by atoms with E-state index in [1.54, 1.807) is 18.2 Å². The molecule has 2 rings (SSSR count). The molecule has 1 aliphatic heterocycles. The maximum atomic E-state index is 12.2. The summed E-state index contributed by atoms with van der Waals surface area (Å²) in [7, 11) is 1.49. The van der Waals surface area contributed by atoms with Crippen molar-refractivity contribution in [1.82, 2.24) is 10.6 Å². The number of carbonyl (C=O) groups excluding carboxylic acids is 1. The summed E-state index contributed by atoms with van der Waals surface area (Å²) in [6.07, 6.45) is 0.124. The number of β-amino-alcohol motifs (C(OH)–C–C–N with tert-alkyl or cyclic N) is 1. The van der Waals surface area contributed by atoms with Crippen molar-refractivity contribution in [3.8, 4) is 5.75 Å². The summed E-state index contributed by atoms with van der Waals surface area (Å²) in [4.78, 5) is 12.2. The zero-order chi connectivity index (χ0) is 13.8. The van der Waals surface area contributed by atoms with E-state index in [1.165, 1.54) is 7.11 Å². The molecule has 0 saturated carbocycles. The van der Waals surface area contributed by atoms with Gasteiger partial charge in [-0.1, -0.05) is 11.6 Å². The molecule has 5 nitrogen and oxygen atoms in total. The van der Waals surface area contributed by atoms with E-state index in [1.807, 2.05) is 0 Å². The van der Waals surface area contributed by atoms with Crippen molar-refractivity contribution in [1.29, 1.82) is 0 Å². The minimum atomic E-state index is -0.573. The van der Waals surface area contributed by atoms with Gasteiger partial charge in [-0.2, -0.15) is 0 Å². The van der Waals surface area contributed by atoms with Gasteiger partial charge >= 0.3 is 0 Å². The summed E-state index contributed by atoms with van der Waals surface area (Å²) in [5.74, 6) is 0.160. The topological polar surface area (TPSA) is 70.6 Å². The number of carbonyl (C=O) groups is 1. The van der Waals surface area contributed by atoms with E-state index in [9.17, 15) is 9.90 Å². The number of amides is 1. The number of aliphatic hydroxyl groups excluding tert-OH is 1. The van der Waals surface area contributed by atoms with E-state index >= 15 is 0 Å². The number of rotatable bonds is 3. The number of ether oxygens (including phenoxy) is 1. The van der Waals surface area contributed by atoms with Gasteiger partial charge in [0.1, 0.15) is 5.75 Å². The Bertz CT molecular complexity index is 467. The van der Waals surface area contributed by atoms with Crippen molar-refractivity contribution < 1.29 is 14.6 Å². The highest BCUT2D eigenvalue weighted by molar-refractivity contribution is 6.30. The van der Waals surface area contributed by atoms with Crippen molar-refractivity contribution in [2.24, 2.45) is 0 Å². The van der Waals surface area contributed by atoms with Crippen LogP contribution in [-0.2, 0) is 0 Å².